The second-order valence-electron chi connectivity index (χ2n) is 5.32. The van der Waals surface area contributed by atoms with Crippen molar-refractivity contribution >= 4 is 11.4 Å². The van der Waals surface area contributed by atoms with Crippen molar-refractivity contribution in [1.82, 2.24) is 0 Å². The van der Waals surface area contributed by atoms with E-state index in [2.05, 4.69) is 50.4 Å². The van der Waals surface area contributed by atoms with Crippen molar-refractivity contribution < 1.29 is 0 Å². The minimum Gasteiger partial charge on any atom is -0.399 e. The summed E-state index contributed by atoms with van der Waals surface area (Å²) < 4.78 is 0. The number of hydrogen-bond acceptors (Lipinski definition) is 2. The molecule has 0 heterocycles. The average molecular weight is 254 g/mol. The highest BCUT2D eigenvalue weighted by molar-refractivity contribution is 5.50. The van der Waals surface area contributed by atoms with Gasteiger partial charge in [0.2, 0.25) is 0 Å². The van der Waals surface area contributed by atoms with E-state index in [1.165, 1.54) is 16.7 Å². The smallest absolute Gasteiger partial charge is 0.0401 e. The van der Waals surface area contributed by atoms with E-state index in [0.717, 1.165) is 17.9 Å². The van der Waals surface area contributed by atoms with Gasteiger partial charge in [-0.05, 0) is 53.8 Å². The van der Waals surface area contributed by atoms with Gasteiger partial charge >= 0.3 is 0 Å². The molecule has 0 atom stereocenters. The molecule has 2 aromatic rings. The first-order valence-corrected chi connectivity index (χ1v) is 6.75. The van der Waals surface area contributed by atoms with Crippen molar-refractivity contribution in [2.45, 2.75) is 33.2 Å². The van der Waals surface area contributed by atoms with E-state index >= 15 is 0 Å². The highest BCUT2D eigenvalue weighted by atomic mass is 14.9. The van der Waals surface area contributed by atoms with Crippen LogP contribution in [0.25, 0.3) is 0 Å². The van der Waals surface area contributed by atoms with E-state index in [4.69, 9.17) is 5.73 Å². The fraction of sp³-hybridized carbons (Fsp3) is 0.294. The Morgan fingerprint density at radius 1 is 1.11 bits per heavy atom. The van der Waals surface area contributed by atoms with Gasteiger partial charge in [-0.1, -0.05) is 32.0 Å². The second kappa shape index (κ2) is 5.79. The molecule has 0 fully saturated rings. The van der Waals surface area contributed by atoms with Crippen LogP contribution in [0.2, 0.25) is 0 Å². The maximum atomic E-state index is 5.78. The lowest BCUT2D eigenvalue weighted by molar-refractivity contribution is 0.856. The molecule has 0 bridgehead atoms. The maximum Gasteiger partial charge on any atom is 0.0401 e. The molecule has 0 aliphatic heterocycles. The second-order valence-corrected chi connectivity index (χ2v) is 5.32. The number of benzene rings is 2. The van der Waals surface area contributed by atoms with Gasteiger partial charge in [0.25, 0.3) is 0 Å². The van der Waals surface area contributed by atoms with Crippen molar-refractivity contribution in [3.63, 3.8) is 0 Å². The van der Waals surface area contributed by atoms with Crippen LogP contribution >= 0.6 is 0 Å². The summed E-state index contributed by atoms with van der Waals surface area (Å²) in [5.74, 6) is 0.572. The van der Waals surface area contributed by atoms with Crippen LogP contribution in [-0.4, -0.2) is 0 Å². The van der Waals surface area contributed by atoms with Gasteiger partial charge in [-0.3, -0.25) is 0 Å². The molecule has 100 valence electrons. The minimum atomic E-state index is 0.572. The predicted molar refractivity (Wildman–Crippen MR) is 83.4 cm³/mol. The molecule has 0 unspecified atom stereocenters. The molecule has 19 heavy (non-hydrogen) atoms. The monoisotopic (exact) mass is 254 g/mol. The Morgan fingerprint density at radius 2 is 1.89 bits per heavy atom. The summed E-state index contributed by atoms with van der Waals surface area (Å²) in [5.41, 5.74) is 11.7. The quantitative estimate of drug-likeness (QED) is 0.798. The van der Waals surface area contributed by atoms with E-state index in [1.807, 2.05) is 18.2 Å². The topological polar surface area (TPSA) is 38.0 Å². The number of nitrogens with one attached hydrogen (secondary N) is 1. The highest BCUT2D eigenvalue weighted by Crippen LogP contribution is 2.22. The number of rotatable bonds is 4. The van der Waals surface area contributed by atoms with Crippen LogP contribution in [0.1, 0.15) is 36.5 Å². The molecule has 0 aliphatic rings. The molecule has 0 spiro atoms. The molecule has 2 nitrogen and oxygen atoms in total. The molecule has 0 aromatic heterocycles. The summed E-state index contributed by atoms with van der Waals surface area (Å²) in [6, 6.07) is 14.5. The van der Waals surface area contributed by atoms with E-state index < -0.39 is 0 Å². The molecule has 0 saturated heterocycles. The van der Waals surface area contributed by atoms with E-state index in [1.54, 1.807) is 0 Å². The molecule has 2 rings (SSSR count). The number of nitrogen functional groups attached to an aromatic ring is 1. The van der Waals surface area contributed by atoms with Gasteiger partial charge in [-0.15, -0.1) is 0 Å². The van der Waals surface area contributed by atoms with Crippen LogP contribution in [0.4, 0.5) is 11.4 Å². The average Bonchev–Trinajstić information content (AvgIpc) is 2.36. The minimum absolute atomic E-state index is 0.572. The molecular formula is C17H22N2. The Kier molecular flexibility index (Phi) is 4.10. The third-order valence-corrected chi connectivity index (χ3v) is 3.34. The normalized spacial score (nSPS) is 10.7. The van der Waals surface area contributed by atoms with Crippen molar-refractivity contribution in [2.24, 2.45) is 0 Å². The van der Waals surface area contributed by atoms with Crippen molar-refractivity contribution in [2.75, 3.05) is 11.1 Å². The number of aryl methyl sites for hydroxylation is 1. The van der Waals surface area contributed by atoms with Gasteiger partial charge in [-0.2, -0.15) is 0 Å². The van der Waals surface area contributed by atoms with E-state index in [9.17, 15) is 0 Å². The van der Waals surface area contributed by atoms with E-state index in [0.29, 0.717) is 5.92 Å². The Bertz CT molecular complexity index is 559. The zero-order chi connectivity index (χ0) is 13.8. The van der Waals surface area contributed by atoms with Gasteiger partial charge in [0.1, 0.15) is 0 Å². The van der Waals surface area contributed by atoms with Gasteiger partial charge < -0.3 is 11.1 Å². The largest absolute Gasteiger partial charge is 0.399 e. The van der Waals surface area contributed by atoms with Gasteiger partial charge in [-0.25, -0.2) is 0 Å². The SMILES string of the molecule is Cc1cc(NCc2cccc(N)c2)ccc1C(C)C. The number of nitrogens with two attached hydrogens (primary N) is 1. The summed E-state index contributed by atoms with van der Waals surface area (Å²) in [6.07, 6.45) is 0. The van der Waals surface area contributed by atoms with Crippen molar-refractivity contribution in [3.05, 3.63) is 59.2 Å². The van der Waals surface area contributed by atoms with Crippen LogP contribution in [0.15, 0.2) is 42.5 Å². The fourth-order valence-electron chi connectivity index (χ4n) is 2.34. The third kappa shape index (κ3) is 3.50. The first-order chi connectivity index (χ1) is 9.06. The maximum absolute atomic E-state index is 5.78. The lowest BCUT2D eigenvalue weighted by Gasteiger charge is -2.13. The first-order valence-electron chi connectivity index (χ1n) is 6.75. The van der Waals surface area contributed by atoms with Crippen LogP contribution < -0.4 is 11.1 Å². The third-order valence-electron chi connectivity index (χ3n) is 3.34. The van der Waals surface area contributed by atoms with Crippen LogP contribution in [-0.2, 0) is 6.54 Å². The number of anilines is 2. The van der Waals surface area contributed by atoms with Crippen LogP contribution in [0, 0.1) is 6.92 Å². The Balaban J connectivity index is 2.06. The molecule has 0 aliphatic carbocycles. The predicted octanol–water partition coefficient (Wildman–Crippen LogP) is 4.31. The zero-order valence-corrected chi connectivity index (χ0v) is 11.9. The van der Waals surface area contributed by atoms with Crippen molar-refractivity contribution in [1.29, 1.82) is 0 Å². The number of hydrogen-bond donors (Lipinski definition) is 2. The Hall–Kier alpha value is -1.96. The molecule has 0 saturated carbocycles. The Labute approximate surface area is 115 Å². The van der Waals surface area contributed by atoms with Crippen molar-refractivity contribution in [3.8, 4) is 0 Å². The molecular weight excluding hydrogens is 232 g/mol. The van der Waals surface area contributed by atoms with Gasteiger partial charge in [0.15, 0.2) is 0 Å². The van der Waals surface area contributed by atoms with Crippen LogP contribution in [0.3, 0.4) is 0 Å². The van der Waals surface area contributed by atoms with Gasteiger partial charge in [0, 0.05) is 17.9 Å². The Morgan fingerprint density at radius 3 is 2.53 bits per heavy atom. The molecule has 0 radical (unpaired) electrons. The first kappa shape index (κ1) is 13.5. The summed E-state index contributed by atoms with van der Waals surface area (Å²) in [6.45, 7) is 7.41. The fourth-order valence-corrected chi connectivity index (χ4v) is 2.34. The lowest BCUT2D eigenvalue weighted by atomic mass is 9.97. The summed E-state index contributed by atoms with van der Waals surface area (Å²) in [5, 5.41) is 3.44. The summed E-state index contributed by atoms with van der Waals surface area (Å²) in [7, 11) is 0. The van der Waals surface area contributed by atoms with Crippen LogP contribution in [0.5, 0.6) is 0 Å². The summed E-state index contributed by atoms with van der Waals surface area (Å²) in [4.78, 5) is 0. The summed E-state index contributed by atoms with van der Waals surface area (Å²) >= 11 is 0. The molecule has 3 N–H and O–H groups in total. The molecule has 2 heteroatoms. The van der Waals surface area contributed by atoms with E-state index in [-0.39, 0.29) is 0 Å². The standard InChI is InChI=1S/C17H22N2/c1-12(2)17-8-7-16(9-13(17)3)19-11-14-5-4-6-15(18)10-14/h4-10,12,19H,11,18H2,1-3H3. The van der Waals surface area contributed by atoms with Gasteiger partial charge in [0.05, 0.1) is 0 Å². The lowest BCUT2D eigenvalue weighted by Crippen LogP contribution is -2.01. The highest BCUT2D eigenvalue weighted by Gasteiger charge is 2.04. The molecule has 2 aromatic carbocycles. The molecule has 0 amide bonds. The zero-order valence-electron chi connectivity index (χ0n) is 11.9.